The van der Waals surface area contributed by atoms with E-state index in [9.17, 15) is 15.3 Å². The smallest absolute Gasteiger partial charge is 0.206 e. The lowest BCUT2D eigenvalue weighted by Gasteiger charge is -2.06. The minimum absolute atomic E-state index is 0.230. The molecule has 3 aromatic carbocycles. The van der Waals surface area contributed by atoms with Gasteiger partial charge in [0.15, 0.2) is 11.5 Å². The Morgan fingerprint density at radius 1 is 0.906 bits per heavy atom. The molecule has 0 bridgehead atoms. The zero-order valence-corrected chi connectivity index (χ0v) is 18.8. The monoisotopic (exact) mass is 485 g/mol. The zero-order chi connectivity index (χ0) is 22.7. The highest BCUT2D eigenvalue weighted by Gasteiger charge is 2.12. The van der Waals surface area contributed by atoms with Crippen LogP contribution in [0.1, 0.15) is 11.1 Å². The Labute approximate surface area is 197 Å². The summed E-state index contributed by atoms with van der Waals surface area (Å²) in [4.78, 5) is 5.30. The molecule has 1 aromatic heterocycles. The summed E-state index contributed by atoms with van der Waals surface area (Å²) in [5, 5.41) is 36.7. The third-order valence-corrected chi connectivity index (χ3v) is 6.21. The number of phenolic OH excluding ortho intramolecular Hbond substituents is 3. The van der Waals surface area contributed by atoms with E-state index in [1.807, 2.05) is 41.8 Å². The Balaban J connectivity index is 1.81. The maximum absolute atomic E-state index is 10.1. The fourth-order valence-corrected chi connectivity index (χ4v) is 4.06. The molecule has 0 saturated carbocycles. The van der Waals surface area contributed by atoms with Crippen LogP contribution < -0.4 is 4.80 Å². The summed E-state index contributed by atoms with van der Waals surface area (Å²) in [6.45, 7) is 0.461. The van der Waals surface area contributed by atoms with E-state index in [2.05, 4.69) is 10.1 Å². The average Bonchev–Trinajstić information content (AvgIpc) is 3.21. The van der Waals surface area contributed by atoms with Gasteiger partial charge in [0.05, 0.1) is 28.5 Å². The first-order valence-corrected chi connectivity index (χ1v) is 11.1. The normalized spacial score (nSPS) is 12.0. The number of benzene rings is 3. The van der Waals surface area contributed by atoms with Crippen molar-refractivity contribution in [1.82, 2.24) is 4.68 Å². The Bertz CT molecular complexity index is 1360. The molecule has 9 heteroatoms. The minimum atomic E-state index is -0.608. The van der Waals surface area contributed by atoms with Gasteiger partial charge in [0, 0.05) is 16.5 Å². The van der Waals surface area contributed by atoms with E-state index in [1.165, 1.54) is 29.7 Å². The van der Waals surface area contributed by atoms with Gasteiger partial charge < -0.3 is 15.3 Å². The van der Waals surface area contributed by atoms with Crippen LogP contribution in [0.2, 0.25) is 10.0 Å². The minimum Gasteiger partial charge on any atom is -0.504 e. The Morgan fingerprint density at radius 3 is 2.44 bits per heavy atom. The highest BCUT2D eigenvalue weighted by molar-refractivity contribution is 7.07. The van der Waals surface area contributed by atoms with E-state index in [-0.39, 0.29) is 5.56 Å². The van der Waals surface area contributed by atoms with Gasteiger partial charge in [-0.25, -0.2) is 4.68 Å². The quantitative estimate of drug-likeness (QED) is 0.253. The van der Waals surface area contributed by atoms with Gasteiger partial charge in [0.2, 0.25) is 10.6 Å². The molecule has 0 aliphatic carbocycles. The van der Waals surface area contributed by atoms with Crippen LogP contribution in [0.25, 0.3) is 11.3 Å². The van der Waals surface area contributed by atoms with Crippen LogP contribution in [0.5, 0.6) is 17.2 Å². The van der Waals surface area contributed by atoms with Crippen molar-refractivity contribution in [3.63, 3.8) is 0 Å². The summed E-state index contributed by atoms with van der Waals surface area (Å²) in [7, 11) is 0. The molecule has 1 heterocycles. The molecule has 162 valence electrons. The number of hydrogen-bond acceptors (Lipinski definition) is 6. The summed E-state index contributed by atoms with van der Waals surface area (Å²) in [6, 6.07) is 17.8. The maximum Gasteiger partial charge on any atom is 0.206 e. The predicted octanol–water partition coefficient (Wildman–Crippen LogP) is 5.62. The van der Waals surface area contributed by atoms with Crippen LogP contribution in [0.3, 0.4) is 0 Å². The van der Waals surface area contributed by atoms with Crippen LogP contribution in [-0.2, 0) is 6.54 Å². The number of aromatic hydroxyl groups is 3. The maximum atomic E-state index is 10.1. The molecule has 0 amide bonds. The van der Waals surface area contributed by atoms with Crippen molar-refractivity contribution in [1.29, 1.82) is 0 Å². The van der Waals surface area contributed by atoms with E-state index >= 15 is 0 Å². The predicted molar refractivity (Wildman–Crippen MR) is 128 cm³/mol. The molecule has 0 aliphatic rings. The summed E-state index contributed by atoms with van der Waals surface area (Å²) >= 11 is 13.7. The summed E-state index contributed by atoms with van der Waals surface area (Å²) < 4.78 is 1.62. The van der Waals surface area contributed by atoms with E-state index in [4.69, 9.17) is 23.2 Å². The number of phenols is 3. The molecule has 32 heavy (non-hydrogen) atoms. The van der Waals surface area contributed by atoms with Gasteiger partial charge in [0.1, 0.15) is 0 Å². The number of hydrogen-bond donors (Lipinski definition) is 3. The first-order chi connectivity index (χ1) is 15.4. The fourth-order valence-electron chi connectivity index (χ4n) is 2.92. The molecule has 0 fully saturated rings. The van der Waals surface area contributed by atoms with Crippen molar-refractivity contribution >= 4 is 40.8 Å². The van der Waals surface area contributed by atoms with Crippen molar-refractivity contribution in [2.24, 2.45) is 10.1 Å². The van der Waals surface area contributed by atoms with E-state index < -0.39 is 17.2 Å². The lowest BCUT2D eigenvalue weighted by Crippen LogP contribution is -2.12. The number of rotatable bonds is 5. The summed E-state index contributed by atoms with van der Waals surface area (Å²) in [5.74, 6) is -1.50. The van der Waals surface area contributed by atoms with Crippen LogP contribution in [0.4, 0.5) is 0 Å². The topological polar surface area (TPSA) is 90.3 Å². The molecule has 0 atom stereocenters. The van der Waals surface area contributed by atoms with Crippen LogP contribution in [-0.4, -0.2) is 26.2 Å². The molecule has 0 unspecified atom stereocenters. The van der Waals surface area contributed by atoms with Crippen molar-refractivity contribution in [3.8, 4) is 28.5 Å². The standard InChI is InChI=1S/C23H17Cl2N3O3S/c24-17-8-6-15(10-18(17)25)19-13-32-23(26-11-14-4-2-1-3-5-14)28(19)27-12-16-7-9-20(29)22(31)21(16)30/h1-10,12-13,29-31H,11H2. The second-order valence-corrected chi connectivity index (χ2v) is 8.41. The van der Waals surface area contributed by atoms with E-state index in [0.717, 1.165) is 16.8 Å². The molecular weight excluding hydrogens is 469 g/mol. The SMILES string of the molecule is Oc1ccc(C=Nn2c(-c3ccc(Cl)c(Cl)c3)csc2=NCc2ccccc2)c(O)c1O. The van der Waals surface area contributed by atoms with Crippen LogP contribution in [0, 0.1) is 0 Å². The highest BCUT2D eigenvalue weighted by Crippen LogP contribution is 2.36. The molecule has 4 rings (SSSR count). The van der Waals surface area contributed by atoms with Gasteiger partial charge in [0.25, 0.3) is 0 Å². The van der Waals surface area contributed by atoms with Gasteiger partial charge in [-0.05, 0) is 29.8 Å². The largest absolute Gasteiger partial charge is 0.504 e. The van der Waals surface area contributed by atoms with Gasteiger partial charge in [-0.3, -0.25) is 4.99 Å². The lowest BCUT2D eigenvalue weighted by atomic mass is 10.2. The molecular formula is C23H17Cl2N3O3S. The lowest BCUT2D eigenvalue weighted by molar-refractivity contribution is 0.367. The van der Waals surface area contributed by atoms with Crippen molar-refractivity contribution in [2.45, 2.75) is 6.54 Å². The Hall–Kier alpha value is -3.26. The third kappa shape index (κ3) is 4.65. The van der Waals surface area contributed by atoms with Gasteiger partial charge in [-0.2, -0.15) is 5.10 Å². The molecule has 4 aromatic rings. The van der Waals surface area contributed by atoms with E-state index in [1.54, 1.807) is 16.8 Å². The van der Waals surface area contributed by atoms with Crippen molar-refractivity contribution < 1.29 is 15.3 Å². The second-order valence-electron chi connectivity index (χ2n) is 6.76. The van der Waals surface area contributed by atoms with Gasteiger partial charge >= 0.3 is 0 Å². The van der Waals surface area contributed by atoms with Gasteiger partial charge in [-0.1, -0.05) is 59.6 Å². The molecule has 0 radical (unpaired) electrons. The fraction of sp³-hybridized carbons (Fsp3) is 0.0435. The second kappa shape index (κ2) is 9.48. The molecule has 6 nitrogen and oxygen atoms in total. The molecule has 0 aliphatic heterocycles. The molecule has 0 saturated heterocycles. The zero-order valence-electron chi connectivity index (χ0n) is 16.5. The summed E-state index contributed by atoms with van der Waals surface area (Å²) in [5.41, 5.74) is 2.78. The highest BCUT2D eigenvalue weighted by atomic mass is 35.5. The molecule has 3 N–H and O–H groups in total. The molecule has 0 spiro atoms. The average molecular weight is 486 g/mol. The van der Waals surface area contributed by atoms with E-state index in [0.29, 0.717) is 21.4 Å². The van der Waals surface area contributed by atoms with Crippen molar-refractivity contribution in [2.75, 3.05) is 0 Å². The van der Waals surface area contributed by atoms with Crippen molar-refractivity contribution in [3.05, 3.63) is 92.0 Å². The van der Waals surface area contributed by atoms with Crippen LogP contribution in [0.15, 0.2) is 76.1 Å². The Kier molecular flexibility index (Phi) is 6.50. The first kappa shape index (κ1) is 22.0. The Morgan fingerprint density at radius 2 is 1.69 bits per heavy atom. The number of aromatic nitrogens is 1. The summed E-state index contributed by atoms with van der Waals surface area (Å²) in [6.07, 6.45) is 1.38. The number of halogens is 2. The van der Waals surface area contributed by atoms with Gasteiger partial charge in [-0.15, -0.1) is 11.3 Å². The number of thiazole rings is 1. The third-order valence-electron chi connectivity index (χ3n) is 4.61. The van der Waals surface area contributed by atoms with Crippen LogP contribution >= 0.6 is 34.5 Å². The first-order valence-electron chi connectivity index (χ1n) is 9.42. The number of nitrogens with zero attached hydrogens (tertiary/aromatic N) is 3.